The Kier molecular flexibility index (Phi) is 2.90. The van der Waals surface area contributed by atoms with Crippen LogP contribution in [0.15, 0.2) is 17.8 Å². The van der Waals surface area contributed by atoms with E-state index in [1.165, 1.54) is 0 Å². The van der Waals surface area contributed by atoms with Gasteiger partial charge in [-0.3, -0.25) is 4.40 Å². The van der Waals surface area contributed by atoms with Crippen LogP contribution in [-0.4, -0.2) is 26.6 Å². The first-order chi connectivity index (χ1) is 8.25. The van der Waals surface area contributed by atoms with E-state index in [4.69, 9.17) is 0 Å². The van der Waals surface area contributed by atoms with Gasteiger partial charge in [0.05, 0.1) is 11.3 Å². The Balaban J connectivity index is 1.55. The number of aliphatic hydroxyl groups is 1. The first-order valence-electron chi connectivity index (χ1n) is 6.09. The van der Waals surface area contributed by atoms with Crippen molar-refractivity contribution in [1.82, 2.24) is 14.7 Å². The zero-order valence-corrected chi connectivity index (χ0v) is 10.5. The van der Waals surface area contributed by atoms with Gasteiger partial charge in [-0.15, -0.1) is 11.3 Å². The molecule has 0 saturated heterocycles. The topological polar surface area (TPSA) is 49.6 Å². The predicted molar refractivity (Wildman–Crippen MR) is 68.2 cm³/mol. The fourth-order valence-corrected chi connectivity index (χ4v) is 3.21. The van der Waals surface area contributed by atoms with Crippen LogP contribution in [0, 0.1) is 0 Å². The number of aromatic nitrogens is 2. The molecule has 0 amide bonds. The van der Waals surface area contributed by atoms with Gasteiger partial charge in [-0.25, -0.2) is 4.98 Å². The van der Waals surface area contributed by atoms with Crippen molar-refractivity contribution in [3.05, 3.63) is 23.5 Å². The lowest BCUT2D eigenvalue weighted by Crippen LogP contribution is -2.37. The lowest BCUT2D eigenvalue weighted by Gasteiger charge is -2.22. The Hall–Kier alpha value is -0.910. The molecule has 2 aromatic rings. The Labute approximate surface area is 104 Å². The first-order valence-corrected chi connectivity index (χ1v) is 6.97. The van der Waals surface area contributed by atoms with Crippen molar-refractivity contribution in [3.8, 4) is 0 Å². The molecule has 0 spiro atoms. The summed E-state index contributed by atoms with van der Waals surface area (Å²) in [7, 11) is 0. The molecule has 4 nitrogen and oxygen atoms in total. The summed E-state index contributed by atoms with van der Waals surface area (Å²) < 4.78 is 2.03. The second-order valence-corrected chi connectivity index (χ2v) is 5.73. The maximum absolute atomic E-state index is 10.2. The van der Waals surface area contributed by atoms with Crippen LogP contribution in [0.4, 0.5) is 0 Å². The standard InChI is InChI=1S/C12H17N3OS/c16-12(3-1-2-4-12)9-13-7-10-8-15-5-6-17-11(15)14-10/h5-6,8,13,16H,1-4,7,9H2. The molecule has 0 bridgehead atoms. The fourth-order valence-electron chi connectivity index (χ4n) is 2.49. The highest BCUT2D eigenvalue weighted by molar-refractivity contribution is 7.15. The van der Waals surface area contributed by atoms with Gasteiger partial charge in [0, 0.05) is 30.9 Å². The van der Waals surface area contributed by atoms with Crippen molar-refractivity contribution >= 4 is 16.3 Å². The molecule has 92 valence electrons. The molecule has 17 heavy (non-hydrogen) atoms. The Morgan fingerprint density at radius 1 is 1.47 bits per heavy atom. The van der Waals surface area contributed by atoms with E-state index < -0.39 is 5.60 Å². The molecule has 0 aromatic carbocycles. The number of hydrogen-bond donors (Lipinski definition) is 2. The lowest BCUT2D eigenvalue weighted by molar-refractivity contribution is 0.0474. The number of nitrogens with zero attached hydrogens (tertiary/aromatic N) is 2. The largest absolute Gasteiger partial charge is 0.389 e. The number of thiazole rings is 1. The molecule has 0 atom stereocenters. The second kappa shape index (κ2) is 4.40. The van der Waals surface area contributed by atoms with Crippen molar-refractivity contribution in [2.24, 2.45) is 0 Å². The third kappa shape index (κ3) is 2.36. The highest BCUT2D eigenvalue weighted by atomic mass is 32.1. The zero-order chi connectivity index (χ0) is 11.7. The molecule has 2 aromatic heterocycles. The molecule has 0 aliphatic heterocycles. The van der Waals surface area contributed by atoms with Crippen LogP contribution in [0.1, 0.15) is 31.4 Å². The number of nitrogens with one attached hydrogen (secondary N) is 1. The molecule has 1 aliphatic carbocycles. The molecule has 5 heteroatoms. The molecule has 1 aliphatic rings. The summed E-state index contributed by atoms with van der Waals surface area (Å²) in [6.45, 7) is 1.41. The smallest absolute Gasteiger partial charge is 0.193 e. The molecule has 2 N–H and O–H groups in total. The van der Waals surface area contributed by atoms with Gasteiger partial charge in [0.1, 0.15) is 0 Å². The van der Waals surface area contributed by atoms with Crippen LogP contribution in [0.5, 0.6) is 0 Å². The predicted octanol–water partition coefficient (Wildman–Crippen LogP) is 1.79. The third-order valence-corrected chi connectivity index (χ3v) is 4.21. The van der Waals surface area contributed by atoms with Gasteiger partial charge in [-0.05, 0) is 12.8 Å². The number of rotatable bonds is 4. The zero-order valence-electron chi connectivity index (χ0n) is 9.72. The molecular weight excluding hydrogens is 234 g/mol. The number of hydrogen-bond acceptors (Lipinski definition) is 4. The molecule has 3 rings (SSSR count). The lowest BCUT2D eigenvalue weighted by atomic mass is 10.0. The molecule has 0 unspecified atom stereocenters. The fraction of sp³-hybridized carbons (Fsp3) is 0.583. The monoisotopic (exact) mass is 251 g/mol. The average Bonchev–Trinajstić information content (AvgIpc) is 2.93. The number of fused-ring (bicyclic) bond motifs is 1. The average molecular weight is 251 g/mol. The van der Waals surface area contributed by atoms with Crippen molar-refractivity contribution in [2.75, 3.05) is 6.54 Å². The van der Waals surface area contributed by atoms with Gasteiger partial charge in [0.25, 0.3) is 0 Å². The van der Waals surface area contributed by atoms with Crippen LogP contribution in [0.25, 0.3) is 4.96 Å². The SMILES string of the molecule is OC1(CNCc2cn3ccsc3n2)CCCC1. The summed E-state index contributed by atoms with van der Waals surface area (Å²) in [5.74, 6) is 0. The van der Waals surface area contributed by atoms with Crippen molar-refractivity contribution in [2.45, 2.75) is 37.8 Å². The van der Waals surface area contributed by atoms with E-state index in [-0.39, 0.29) is 0 Å². The third-order valence-electron chi connectivity index (χ3n) is 3.44. The van der Waals surface area contributed by atoms with Crippen LogP contribution in [0.2, 0.25) is 0 Å². The van der Waals surface area contributed by atoms with Gasteiger partial charge in [-0.1, -0.05) is 12.8 Å². The first kappa shape index (κ1) is 11.2. The molecular formula is C12H17N3OS. The normalized spacial score (nSPS) is 19.1. The van der Waals surface area contributed by atoms with Gasteiger partial charge in [-0.2, -0.15) is 0 Å². The van der Waals surface area contributed by atoms with E-state index in [1.807, 2.05) is 22.2 Å². The summed E-state index contributed by atoms with van der Waals surface area (Å²) in [6, 6.07) is 0. The minimum Gasteiger partial charge on any atom is -0.389 e. The van der Waals surface area contributed by atoms with E-state index in [1.54, 1.807) is 11.3 Å². The van der Waals surface area contributed by atoms with Crippen molar-refractivity contribution in [1.29, 1.82) is 0 Å². The van der Waals surface area contributed by atoms with Crippen molar-refractivity contribution < 1.29 is 5.11 Å². The Morgan fingerprint density at radius 2 is 2.29 bits per heavy atom. The quantitative estimate of drug-likeness (QED) is 0.871. The summed E-state index contributed by atoms with van der Waals surface area (Å²) in [4.78, 5) is 5.53. The summed E-state index contributed by atoms with van der Waals surface area (Å²) in [5, 5.41) is 15.5. The summed E-state index contributed by atoms with van der Waals surface area (Å²) >= 11 is 1.64. The maximum atomic E-state index is 10.2. The van der Waals surface area contributed by atoms with Gasteiger partial charge in [0.15, 0.2) is 4.96 Å². The minimum absolute atomic E-state index is 0.475. The molecule has 2 heterocycles. The van der Waals surface area contributed by atoms with Gasteiger partial charge >= 0.3 is 0 Å². The number of imidazole rings is 1. The van der Waals surface area contributed by atoms with E-state index in [9.17, 15) is 5.11 Å². The highest BCUT2D eigenvalue weighted by Crippen LogP contribution is 2.28. The molecule has 1 fully saturated rings. The van der Waals surface area contributed by atoms with E-state index in [2.05, 4.69) is 10.3 Å². The Bertz CT molecular complexity index is 470. The molecule has 0 radical (unpaired) electrons. The second-order valence-electron chi connectivity index (χ2n) is 4.86. The Morgan fingerprint density at radius 3 is 3.06 bits per heavy atom. The van der Waals surface area contributed by atoms with E-state index in [0.29, 0.717) is 6.54 Å². The van der Waals surface area contributed by atoms with Crippen LogP contribution in [0.3, 0.4) is 0 Å². The van der Waals surface area contributed by atoms with Crippen molar-refractivity contribution in [3.63, 3.8) is 0 Å². The summed E-state index contributed by atoms with van der Waals surface area (Å²) in [6.07, 6.45) is 8.21. The minimum atomic E-state index is -0.475. The molecule has 1 saturated carbocycles. The maximum Gasteiger partial charge on any atom is 0.193 e. The van der Waals surface area contributed by atoms with Crippen LogP contribution < -0.4 is 5.32 Å². The highest BCUT2D eigenvalue weighted by Gasteiger charge is 2.30. The van der Waals surface area contributed by atoms with Gasteiger partial charge in [0.2, 0.25) is 0 Å². The van der Waals surface area contributed by atoms with E-state index >= 15 is 0 Å². The van der Waals surface area contributed by atoms with Crippen LogP contribution in [-0.2, 0) is 6.54 Å². The van der Waals surface area contributed by atoms with E-state index in [0.717, 1.165) is 42.9 Å². The summed E-state index contributed by atoms with van der Waals surface area (Å²) in [5.41, 5.74) is 0.565. The van der Waals surface area contributed by atoms with Gasteiger partial charge < -0.3 is 10.4 Å². The van der Waals surface area contributed by atoms with Crippen LogP contribution >= 0.6 is 11.3 Å².